The first-order valence-corrected chi connectivity index (χ1v) is 5.69. The first kappa shape index (κ1) is 11.0. The quantitative estimate of drug-likeness (QED) is 0.701. The summed E-state index contributed by atoms with van der Waals surface area (Å²) in [6.07, 6.45) is 7.54. The Bertz CT molecular complexity index is 119. The maximum atomic E-state index is 8.75. The molecule has 0 radical (unpaired) electrons. The molecule has 1 aliphatic rings. The molecule has 0 spiro atoms. The van der Waals surface area contributed by atoms with Crippen molar-refractivity contribution in [1.82, 2.24) is 5.32 Å². The van der Waals surface area contributed by atoms with E-state index < -0.39 is 0 Å². The normalized spacial score (nSPS) is 26.8. The van der Waals surface area contributed by atoms with Crippen LogP contribution in [0.3, 0.4) is 0 Å². The molecular formula is C11H23NO. The minimum Gasteiger partial charge on any atom is -0.396 e. The number of hydrogen-bond acceptors (Lipinski definition) is 2. The standard InChI is InChI=1S/C11H23NO/c1-10(6-5-9-13)11-7-3-2-4-8-12-11/h10-13H,2-9H2,1H3. The summed E-state index contributed by atoms with van der Waals surface area (Å²) in [5, 5.41) is 12.4. The zero-order chi connectivity index (χ0) is 9.52. The van der Waals surface area contributed by atoms with Crippen molar-refractivity contribution in [2.75, 3.05) is 13.2 Å². The average molecular weight is 185 g/mol. The van der Waals surface area contributed by atoms with Crippen molar-refractivity contribution >= 4 is 0 Å². The second-order valence-electron chi connectivity index (χ2n) is 4.25. The third-order valence-corrected chi connectivity index (χ3v) is 3.10. The Morgan fingerprint density at radius 1 is 1.38 bits per heavy atom. The van der Waals surface area contributed by atoms with Gasteiger partial charge in [0.15, 0.2) is 0 Å². The third-order valence-electron chi connectivity index (χ3n) is 3.10. The predicted octanol–water partition coefficient (Wildman–Crippen LogP) is 1.93. The largest absolute Gasteiger partial charge is 0.396 e. The lowest BCUT2D eigenvalue weighted by atomic mass is 9.93. The van der Waals surface area contributed by atoms with Gasteiger partial charge in [-0.15, -0.1) is 0 Å². The van der Waals surface area contributed by atoms with Crippen LogP contribution in [0, 0.1) is 5.92 Å². The zero-order valence-corrected chi connectivity index (χ0v) is 8.76. The van der Waals surface area contributed by atoms with Gasteiger partial charge in [-0.25, -0.2) is 0 Å². The minimum atomic E-state index is 0.344. The predicted molar refractivity (Wildman–Crippen MR) is 55.7 cm³/mol. The number of hydrogen-bond donors (Lipinski definition) is 2. The first-order chi connectivity index (χ1) is 6.34. The molecule has 0 bridgehead atoms. The lowest BCUT2D eigenvalue weighted by Crippen LogP contribution is -2.34. The lowest BCUT2D eigenvalue weighted by Gasteiger charge is -2.23. The summed E-state index contributed by atoms with van der Waals surface area (Å²) in [6.45, 7) is 3.84. The molecule has 1 aliphatic heterocycles. The van der Waals surface area contributed by atoms with Gasteiger partial charge >= 0.3 is 0 Å². The monoisotopic (exact) mass is 185 g/mol. The number of aliphatic hydroxyl groups excluding tert-OH is 1. The van der Waals surface area contributed by atoms with Crippen molar-refractivity contribution < 1.29 is 5.11 Å². The van der Waals surface area contributed by atoms with E-state index >= 15 is 0 Å². The lowest BCUT2D eigenvalue weighted by molar-refractivity contribution is 0.258. The fourth-order valence-electron chi connectivity index (χ4n) is 2.16. The van der Waals surface area contributed by atoms with E-state index in [1.807, 2.05) is 0 Å². The Morgan fingerprint density at radius 2 is 2.23 bits per heavy atom. The van der Waals surface area contributed by atoms with Gasteiger partial charge in [-0.3, -0.25) is 0 Å². The Hall–Kier alpha value is -0.0800. The molecule has 0 aromatic rings. The third kappa shape index (κ3) is 4.10. The number of aliphatic hydroxyl groups is 1. The molecule has 2 unspecified atom stereocenters. The van der Waals surface area contributed by atoms with Gasteiger partial charge in [0, 0.05) is 12.6 Å². The molecule has 1 heterocycles. The van der Waals surface area contributed by atoms with Gasteiger partial charge in [-0.1, -0.05) is 19.8 Å². The summed E-state index contributed by atoms with van der Waals surface area (Å²) in [5.41, 5.74) is 0. The van der Waals surface area contributed by atoms with Gasteiger partial charge in [-0.05, 0) is 38.1 Å². The molecule has 13 heavy (non-hydrogen) atoms. The summed E-state index contributed by atoms with van der Waals surface area (Å²) in [7, 11) is 0. The molecular weight excluding hydrogens is 162 g/mol. The molecule has 1 fully saturated rings. The van der Waals surface area contributed by atoms with Gasteiger partial charge in [0.1, 0.15) is 0 Å². The van der Waals surface area contributed by atoms with Crippen LogP contribution in [0.2, 0.25) is 0 Å². The molecule has 0 aromatic carbocycles. The highest BCUT2D eigenvalue weighted by molar-refractivity contribution is 4.75. The molecule has 0 aromatic heterocycles. The molecule has 1 rings (SSSR count). The second kappa shape index (κ2) is 6.39. The fourth-order valence-corrected chi connectivity index (χ4v) is 2.16. The van der Waals surface area contributed by atoms with E-state index in [1.165, 1.54) is 32.2 Å². The van der Waals surface area contributed by atoms with Crippen LogP contribution in [0.5, 0.6) is 0 Å². The maximum absolute atomic E-state index is 8.75. The Morgan fingerprint density at radius 3 is 3.00 bits per heavy atom. The summed E-state index contributed by atoms with van der Waals surface area (Å²) in [6, 6.07) is 0.703. The van der Waals surface area contributed by atoms with Gasteiger partial charge in [0.2, 0.25) is 0 Å². The average Bonchev–Trinajstić information content (AvgIpc) is 2.42. The molecule has 0 amide bonds. The zero-order valence-electron chi connectivity index (χ0n) is 8.76. The Labute approximate surface area is 81.7 Å². The summed E-state index contributed by atoms with van der Waals surface area (Å²) in [4.78, 5) is 0. The van der Waals surface area contributed by atoms with Gasteiger partial charge in [0.25, 0.3) is 0 Å². The molecule has 78 valence electrons. The van der Waals surface area contributed by atoms with Crippen molar-refractivity contribution in [1.29, 1.82) is 0 Å². The molecule has 1 saturated heterocycles. The Kier molecular flexibility index (Phi) is 5.40. The van der Waals surface area contributed by atoms with Crippen LogP contribution in [-0.4, -0.2) is 24.3 Å². The van der Waals surface area contributed by atoms with Crippen LogP contribution in [0.25, 0.3) is 0 Å². The van der Waals surface area contributed by atoms with Crippen molar-refractivity contribution in [2.24, 2.45) is 5.92 Å². The van der Waals surface area contributed by atoms with Crippen molar-refractivity contribution in [3.05, 3.63) is 0 Å². The van der Waals surface area contributed by atoms with E-state index in [0.29, 0.717) is 12.6 Å². The van der Waals surface area contributed by atoms with Crippen LogP contribution in [-0.2, 0) is 0 Å². The van der Waals surface area contributed by atoms with E-state index in [9.17, 15) is 0 Å². The molecule has 2 heteroatoms. The van der Waals surface area contributed by atoms with Crippen molar-refractivity contribution in [3.8, 4) is 0 Å². The van der Waals surface area contributed by atoms with E-state index in [2.05, 4.69) is 12.2 Å². The highest BCUT2D eigenvalue weighted by Crippen LogP contribution is 2.18. The van der Waals surface area contributed by atoms with Crippen molar-refractivity contribution in [3.63, 3.8) is 0 Å². The smallest absolute Gasteiger partial charge is 0.0431 e. The summed E-state index contributed by atoms with van der Waals surface area (Å²) < 4.78 is 0. The SMILES string of the molecule is CC(CCCO)C1CCCCCN1. The molecule has 0 saturated carbocycles. The highest BCUT2D eigenvalue weighted by Gasteiger charge is 2.17. The second-order valence-corrected chi connectivity index (χ2v) is 4.25. The molecule has 2 atom stereocenters. The van der Waals surface area contributed by atoms with E-state index in [0.717, 1.165) is 18.8 Å². The van der Waals surface area contributed by atoms with Crippen LogP contribution in [0.4, 0.5) is 0 Å². The maximum Gasteiger partial charge on any atom is 0.0431 e. The van der Waals surface area contributed by atoms with Crippen LogP contribution in [0.15, 0.2) is 0 Å². The van der Waals surface area contributed by atoms with Crippen LogP contribution < -0.4 is 5.32 Å². The minimum absolute atomic E-state index is 0.344. The highest BCUT2D eigenvalue weighted by atomic mass is 16.2. The first-order valence-electron chi connectivity index (χ1n) is 5.69. The summed E-state index contributed by atoms with van der Waals surface area (Å²) in [5.74, 6) is 0.727. The van der Waals surface area contributed by atoms with Crippen LogP contribution in [0.1, 0.15) is 45.4 Å². The van der Waals surface area contributed by atoms with Gasteiger partial charge < -0.3 is 10.4 Å². The molecule has 0 aliphatic carbocycles. The van der Waals surface area contributed by atoms with Gasteiger partial charge in [0.05, 0.1) is 0 Å². The number of rotatable bonds is 4. The summed E-state index contributed by atoms with van der Waals surface area (Å²) >= 11 is 0. The van der Waals surface area contributed by atoms with Gasteiger partial charge in [-0.2, -0.15) is 0 Å². The van der Waals surface area contributed by atoms with E-state index in [4.69, 9.17) is 5.11 Å². The van der Waals surface area contributed by atoms with Crippen LogP contribution >= 0.6 is 0 Å². The van der Waals surface area contributed by atoms with Crippen molar-refractivity contribution in [2.45, 2.75) is 51.5 Å². The molecule has 2 nitrogen and oxygen atoms in total. The van der Waals surface area contributed by atoms with E-state index in [-0.39, 0.29) is 0 Å². The number of nitrogens with one attached hydrogen (secondary N) is 1. The van der Waals surface area contributed by atoms with E-state index in [1.54, 1.807) is 0 Å². The fraction of sp³-hybridized carbons (Fsp3) is 1.00. The molecule has 2 N–H and O–H groups in total. The Balaban J connectivity index is 2.22. The topological polar surface area (TPSA) is 32.3 Å².